The molecule has 0 aliphatic rings. The molecule has 18 heavy (non-hydrogen) atoms. The number of carbonyl (C=O) groups excluding carboxylic acids is 1. The number of carbonyl (C=O) groups is 1. The van der Waals surface area contributed by atoms with Crippen LogP contribution in [0.15, 0.2) is 48.5 Å². The molecule has 0 spiro atoms. The highest BCUT2D eigenvalue weighted by atomic mass is 16.5. The molecule has 4 heteroatoms. The molecule has 0 fully saturated rings. The van der Waals surface area contributed by atoms with Gasteiger partial charge < -0.3 is 15.8 Å². The van der Waals surface area contributed by atoms with Crippen molar-refractivity contribution in [2.24, 2.45) is 0 Å². The second-order valence-corrected chi connectivity index (χ2v) is 3.80. The second kappa shape index (κ2) is 5.23. The van der Waals surface area contributed by atoms with E-state index in [4.69, 9.17) is 10.5 Å². The van der Waals surface area contributed by atoms with E-state index < -0.39 is 0 Å². The number of hydrogen-bond acceptors (Lipinski definition) is 3. The molecule has 0 bridgehead atoms. The maximum Gasteiger partial charge on any atom is 0.255 e. The van der Waals surface area contributed by atoms with E-state index in [1.54, 1.807) is 55.6 Å². The van der Waals surface area contributed by atoms with Gasteiger partial charge in [0.2, 0.25) is 0 Å². The van der Waals surface area contributed by atoms with Crippen LogP contribution in [-0.4, -0.2) is 13.0 Å². The molecule has 3 N–H and O–H groups in total. The number of benzene rings is 2. The molecule has 0 saturated heterocycles. The van der Waals surface area contributed by atoms with Crippen molar-refractivity contribution in [1.82, 2.24) is 0 Å². The topological polar surface area (TPSA) is 64.3 Å². The standard InChI is InChI=1S/C14H14N2O2/c1-18-13-8-6-12(7-9-13)16-14(17)10-2-4-11(15)5-3-10/h2-9H,15H2,1H3,(H,16,17). The molecule has 0 aliphatic heterocycles. The summed E-state index contributed by atoms with van der Waals surface area (Å²) in [5, 5.41) is 2.79. The van der Waals surface area contributed by atoms with Crippen molar-refractivity contribution in [1.29, 1.82) is 0 Å². The minimum absolute atomic E-state index is 0.167. The molecule has 0 radical (unpaired) electrons. The number of hydrogen-bond donors (Lipinski definition) is 2. The molecule has 0 atom stereocenters. The fraction of sp³-hybridized carbons (Fsp3) is 0.0714. The maximum atomic E-state index is 11.9. The van der Waals surface area contributed by atoms with Gasteiger partial charge in [0.15, 0.2) is 0 Å². The lowest BCUT2D eigenvalue weighted by Crippen LogP contribution is -2.11. The molecular formula is C14H14N2O2. The van der Waals surface area contributed by atoms with Crippen molar-refractivity contribution in [2.75, 3.05) is 18.2 Å². The first-order chi connectivity index (χ1) is 8.69. The summed E-state index contributed by atoms with van der Waals surface area (Å²) in [7, 11) is 1.60. The van der Waals surface area contributed by atoms with Gasteiger partial charge in [-0.05, 0) is 48.5 Å². The van der Waals surface area contributed by atoms with Gasteiger partial charge in [-0.3, -0.25) is 4.79 Å². The molecule has 2 aromatic rings. The molecule has 0 unspecified atom stereocenters. The van der Waals surface area contributed by atoms with E-state index in [-0.39, 0.29) is 5.91 Å². The minimum Gasteiger partial charge on any atom is -0.497 e. The molecule has 0 saturated carbocycles. The smallest absolute Gasteiger partial charge is 0.255 e. The number of methoxy groups -OCH3 is 1. The van der Waals surface area contributed by atoms with E-state index >= 15 is 0 Å². The van der Waals surface area contributed by atoms with Crippen molar-refractivity contribution < 1.29 is 9.53 Å². The minimum atomic E-state index is -0.167. The average Bonchev–Trinajstić information content (AvgIpc) is 2.40. The van der Waals surface area contributed by atoms with Crippen molar-refractivity contribution in [3.05, 3.63) is 54.1 Å². The number of amides is 1. The largest absolute Gasteiger partial charge is 0.497 e. The number of rotatable bonds is 3. The van der Waals surface area contributed by atoms with Gasteiger partial charge in [-0.2, -0.15) is 0 Å². The van der Waals surface area contributed by atoms with Gasteiger partial charge in [0.1, 0.15) is 5.75 Å². The number of nitrogen functional groups attached to an aromatic ring is 1. The molecular weight excluding hydrogens is 228 g/mol. The van der Waals surface area contributed by atoms with Gasteiger partial charge in [-0.25, -0.2) is 0 Å². The number of anilines is 2. The van der Waals surface area contributed by atoms with Gasteiger partial charge in [-0.15, -0.1) is 0 Å². The Morgan fingerprint density at radius 1 is 1.06 bits per heavy atom. The lowest BCUT2D eigenvalue weighted by atomic mass is 10.2. The average molecular weight is 242 g/mol. The zero-order valence-corrected chi connectivity index (χ0v) is 10.0. The maximum absolute atomic E-state index is 11.9. The van der Waals surface area contributed by atoms with E-state index in [0.29, 0.717) is 11.3 Å². The Kier molecular flexibility index (Phi) is 3.48. The Morgan fingerprint density at radius 2 is 1.67 bits per heavy atom. The van der Waals surface area contributed by atoms with Gasteiger partial charge in [0.05, 0.1) is 7.11 Å². The molecule has 0 heterocycles. The van der Waals surface area contributed by atoms with Crippen LogP contribution in [0, 0.1) is 0 Å². The Hall–Kier alpha value is -2.49. The third-order valence-electron chi connectivity index (χ3n) is 2.52. The van der Waals surface area contributed by atoms with Crippen LogP contribution >= 0.6 is 0 Å². The molecule has 2 aromatic carbocycles. The quantitative estimate of drug-likeness (QED) is 0.813. The van der Waals surface area contributed by atoms with E-state index in [2.05, 4.69) is 5.32 Å². The van der Waals surface area contributed by atoms with Gasteiger partial charge in [0.25, 0.3) is 5.91 Å². The Morgan fingerprint density at radius 3 is 2.22 bits per heavy atom. The van der Waals surface area contributed by atoms with E-state index in [9.17, 15) is 4.79 Å². The first-order valence-corrected chi connectivity index (χ1v) is 5.50. The summed E-state index contributed by atoms with van der Waals surface area (Å²) in [5.74, 6) is 0.584. The monoisotopic (exact) mass is 242 g/mol. The zero-order valence-electron chi connectivity index (χ0n) is 10.0. The summed E-state index contributed by atoms with van der Waals surface area (Å²) in [4.78, 5) is 11.9. The van der Waals surface area contributed by atoms with Crippen molar-refractivity contribution in [2.45, 2.75) is 0 Å². The molecule has 2 rings (SSSR count). The third-order valence-corrected chi connectivity index (χ3v) is 2.52. The number of nitrogens with one attached hydrogen (secondary N) is 1. The van der Waals surface area contributed by atoms with E-state index in [1.807, 2.05) is 0 Å². The highest BCUT2D eigenvalue weighted by Crippen LogP contribution is 2.16. The molecule has 4 nitrogen and oxygen atoms in total. The molecule has 1 amide bonds. The Labute approximate surface area is 105 Å². The fourth-order valence-corrected chi connectivity index (χ4v) is 1.51. The van der Waals surface area contributed by atoms with Gasteiger partial charge >= 0.3 is 0 Å². The summed E-state index contributed by atoms with van der Waals surface area (Å²) >= 11 is 0. The van der Waals surface area contributed by atoms with Gasteiger partial charge in [-0.1, -0.05) is 0 Å². The van der Waals surface area contributed by atoms with Crippen LogP contribution in [0.4, 0.5) is 11.4 Å². The van der Waals surface area contributed by atoms with E-state index in [1.165, 1.54) is 0 Å². The zero-order chi connectivity index (χ0) is 13.0. The Balaban J connectivity index is 2.08. The molecule has 0 aromatic heterocycles. The third kappa shape index (κ3) is 2.79. The van der Waals surface area contributed by atoms with Gasteiger partial charge in [0, 0.05) is 16.9 Å². The van der Waals surface area contributed by atoms with Crippen LogP contribution in [-0.2, 0) is 0 Å². The van der Waals surface area contributed by atoms with Crippen molar-refractivity contribution in [3.63, 3.8) is 0 Å². The molecule has 92 valence electrons. The summed E-state index contributed by atoms with van der Waals surface area (Å²) in [6, 6.07) is 13.9. The first-order valence-electron chi connectivity index (χ1n) is 5.50. The van der Waals surface area contributed by atoms with Crippen LogP contribution < -0.4 is 15.8 Å². The van der Waals surface area contributed by atoms with Crippen molar-refractivity contribution >= 4 is 17.3 Å². The predicted molar refractivity (Wildman–Crippen MR) is 71.8 cm³/mol. The number of nitrogens with two attached hydrogens (primary N) is 1. The second-order valence-electron chi connectivity index (χ2n) is 3.80. The van der Waals surface area contributed by atoms with Crippen LogP contribution in [0.3, 0.4) is 0 Å². The highest BCUT2D eigenvalue weighted by Gasteiger charge is 2.05. The normalized spacial score (nSPS) is 9.83. The Bertz CT molecular complexity index is 533. The van der Waals surface area contributed by atoms with E-state index in [0.717, 1.165) is 11.4 Å². The summed E-state index contributed by atoms with van der Waals surface area (Å²) in [6.45, 7) is 0. The van der Waals surface area contributed by atoms with Crippen LogP contribution in [0.1, 0.15) is 10.4 Å². The highest BCUT2D eigenvalue weighted by molar-refractivity contribution is 6.04. The lowest BCUT2D eigenvalue weighted by Gasteiger charge is -2.06. The first kappa shape index (κ1) is 12.0. The SMILES string of the molecule is COc1ccc(NC(=O)c2ccc(N)cc2)cc1. The molecule has 0 aliphatic carbocycles. The lowest BCUT2D eigenvalue weighted by molar-refractivity contribution is 0.102. The van der Waals surface area contributed by atoms with Crippen LogP contribution in [0.2, 0.25) is 0 Å². The van der Waals surface area contributed by atoms with Crippen molar-refractivity contribution in [3.8, 4) is 5.75 Å². The predicted octanol–water partition coefficient (Wildman–Crippen LogP) is 2.53. The summed E-state index contributed by atoms with van der Waals surface area (Å²) in [5.41, 5.74) is 7.49. The summed E-state index contributed by atoms with van der Waals surface area (Å²) < 4.78 is 5.05. The van der Waals surface area contributed by atoms with Crippen LogP contribution in [0.5, 0.6) is 5.75 Å². The number of ether oxygens (including phenoxy) is 1. The summed E-state index contributed by atoms with van der Waals surface area (Å²) in [6.07, 6.45) is 0. The van der Waals surface area contributed by atoms with Crippen LogP contribution in [0.25, 0.3) is 0 Å². The fourth-order valence-electron chi connectivity index (χ4n) is 1.51.